The van der Waals surface area contributed by atoms with E-state index >= 15 is 0 Å². The number of imide groups is 1. The molecule has 0 aliphatic carbocycles. The number of nitrogens with zero attached hydrogens (tertiary/aromatic N) is 2. The molecule has 0 spiro atoms. The molecule has 0 saturated carbocycles. The Balaban J connectivity index is 1.66. The Morgan fingerprint density at radius 1 is 0.904 bits per heavy atom. The summed E-state index contributed by atoms with van der Waals surface area (Å²) in [6.07, 6.45) is -1.85. The average molecular weight is 730 g/mol. The third kappa shape index (κ3) is 13.5. The maximum Gasteiger partial charge on any atom is 0.437 e. The van der Waals surface area contributed by atoms with Crippen molar-refractivity contribution < 1.29 is 47.8 Å². The summed E-state index contributed by atoms with van der Waals surface area (Å²) in [6.45, 7) is 15.5. The molecule has 0 aromatic heterocycles. The van der Waals surface area contributed by atoms with Crippen molar-refractivity contribution in [1.82, 2.24) is 31.5 Å². The van der Waals surface area contributed by atoms with Crippen LogP contribution in [-0.2, 0) is 41.7 Å². The highest BCUT2D eigenvalue weighted by atomic mass is 16.6. The molecule has 1 aromatic rings. The lowest BCUT2D eigenvalue weighted by molar-refractivity contribution is -0.137. The highest BCUT2D eigenvalue weighted by Gasteiger charge is 2.39. The molecule has 0 radical (unpaired) electrons. The van der Waals surface area contributed by atoms with Crippen LogP contribution in [0.3, 0.4) is 0 Å². The van der Waals surface area contributed by atoms with E-state index in [1.54, 1.807) is 80.5 Å². The topological polar surface area (TPSA) is 223 Å². The van der Waals surface area contributed by atoms with Crippen molar-refractivity contribution >= 4 is 47.9 Å². The fourth-order valence-corrected chi connectivity index (χ4v) is 5.17. The van der Waals surface area contributed by atoms with Crippen molar-refractivity contribution in [1.29, 1.82) is 0 Å². The first-order chi connectivity index (χ1) is 24.0. The molecule has 17 nitrogen and oxygen atoms in total. The SMILES string of the molecule is CC(C)(C)OC(=O)/N=C(/NCCCC(NC(=O)OC(C)(C)C)C(=O)NCc1ccc2c(c1)CN(C1CCC(=O)NC1=O)C2=O)NC(=O)OC(C)(C)C. The van der Waals surface area contributed by atoms with Crippen molar-refractivity contribution in [2.75, 3.05) is 6.54 Å². The predicted molar refractivity (Wildman–Crippen MR) is 188 cm³/mol. The maximum atomic E-state index is 13.4. The Morgan fingerprint density at radius 2 is 1.54 bits per heavy atom. The molecule has 2 atom stereocenters. The fraction of sp³-hybridized carbons (Fsp3) is 0.600. The molecule has 1 aromatic carbocycles. The van der Waals surface area contributed by atoms with Crippen LogP contribution in [0.4, 0.5) is 14.4 Å². The second-order valence-electron chi connectivity index (χ2n) is 15.4. The number of rotatable bonds is 9. The monoisotopic (exact) mass is 729 g/mol. The van der Waals surface area contributed by atoms with Crippen LogP contribution in [0.1, 0.15) is 109 Å². The van der Waals surface area contributed by atoms with E-state index < -0.39 is 59.0 Å². The van der Waals surface area contributed by atoms with Gasteiger partial charge in [-0.1, -0.05) is 12.1 Å². The lowest BCUT2D eigenvalue weighted by Gasteiger charge is -2.29. The molecule has 2 aliphatic heterocycles. The fourth-order valence-electron chi connectivity index (χ4n) is 5.17. The maximum absolute atomic E-state index is 13.4. The van der Waals surface area contributed by atoms with Crippen LogP contribution in [0.15, 0.2) is 23.2 Å². The van der Waals surface area contributed by atoms with Gasteiger partial charge < -0.3 is 35.1 Å². The minimum absolute atomic E-state index is 0.0654. The first-order valence-electron chi connectivity index (χ1n) is 17.1. The summed E-state index contributed by atoms with van der Waals surface area (Å²) >= 11 is 0. The van der Waals surface area contributed by atoms with Gasteiger partial charge in [-0.15, -0.1) is 4.99 Å². The van der Waals surface area contributed by atoms with Crippen LogP contribution in [0.5, 0.6) is 0 Å². The molecule has 52 heavy (non-hydrogen) atoms. The molecular formula is C35H51N7O10. The first kappa shape index (κ1) is 41.2. The molecule has 3 rings (SSSR count). The molecule has 2 heterocycles. The zero-order chi connectivity index (χ0) is 39.0. The summed E-state index contributed by atoms with van der Waals surface area (Å²) in [7, 11) is 0. The molecule has 17 heteroatoms. The van der Waals surface area contributed by atoms with Crippen molar-refractivity contribution in [2.45, 2.75) is 130 Å². The number of hydrogen-bond donors (Lipinski definition) is 5. The first-order valence-corrected chi connectivity index (χ1v) is 17.1. The number of piperidine rings is 1. The van der Waals surface area contributed by atoms with Gasteiger partial charge >= 0.3 is 18.3 Å². The van der Waals surface area contributed by atoms with E-state index in [9.17, 15) is 33.6 Å². The Labute approximate surface area is 303 Å². The van der Waals surface area contributed by atoms with Crippen LogP contribution >= 0.6 is 0 Å². The Kier molecular flexibility index (Phi) is 13.4. The van der Waals surface area contributed by atoms with Gasteiger partial charge in [-0.3, -0.25) is 29.8 Å². The molecule has 1 saturated heterocycles. The lowest BCUT2D eigenvalue weighted by atomic mass is 10.0. The number of ether oxygens (including phenoxy) is 3. The van der Waals surface area contributed by atoms with E-state index in [0.29, 0.717) is 16.7 Å². The molecule has 286 valence electrons. The predicted octanol–water partition coefficient (Wildman–Crippen LogP) is 3.14. The van der Waals surface area contributed by atoms with Gasteiger partial charge in [0.25, 0.3) is 5.91 Å². The standard InChI is InChI=1S/C35H51N7O10/c1-33(2,3)50-30(47)38-23(11-10-16-36-29(40-31(48)51-34(4,5)6)41-32(49)52-35(7,8)9)26(44)37-18-20-12-13-22-21(17-20)19-42(28(22)46)24-14-15-25(43)39-27(24)45/h12-13,17,23-24H,10-11,14-16,18-19H2,1-9H3,(H,37,44)(H,38,47)(H,39,43,45)(H2,36,40,41,48,49). The van der Waals surface area contributed by atoms with E-state index in [-0.39, 0.29) is 63.1 Å². The van der Waals surface area contributed by atoms with Crippen LogP contribution in [0, 0.1) is 0 Å². The summed E-state index contributed by atoms with van der Waals surface area (Å²) in [5.41, 5.74) is -0.677. The van der Waals surface area contributed by atoms with Gasteiger partial charge in [0, 0.05) is 31.6 Å². The van der Waals surface area contributed by atoms with Crippen LogP contribution in [0.2, 0.25) is 0 Å². The van der Waals surface area contributed by atoms with E-state index in [2.05, 4.69) is 31.6 Å². The average Bonchev–Trinajstić information content (AvgIpc) is 3.29. The highest BCUT2D eigenvalue weighted by Crippen LogP contribution is 2.28. The van der Waals surface area contributed by atoms with Crippen molar-refractivity contribution in [2.24, 2.45) is 4.99 Å². The zero-order valence-electron chi connectivity index (χ0n) is 31.3. The Bertz CT molecular complexity index is 1590. The van der Waals surface area contributed by atoms with E-state index in [4.69, 9.17) is 14.2 Å². The quantitative estimate of drug-likeness (QED) is 0.0817. The van der Waals surface area contributed by atoms with E-state index in [1.807, 2.05) is 0 Å². The molecule has 0 bridgehead atoms. The molecule has 2 unspecified atom stereocenters. The molecule has 2 aliphatic rings. The second-order valence-corrected chi connectivity index (χ2v) is 15.4. The normalized spacial score (nSPS) is 17.0. The van der Waals surface area contributed by atoms with Crippen molar-refractivity contribution in [3.63, 3.8) is 0 Å². The molecule has 5 N–H and O–H groups in total. The molecular weight excluding hydrogens is 678 g/mol. The number of alkyl carbamates (subject to hydrolysis) is 2. The third-order valence-electron chi connectivity index (χ3n) is 7.24. The summed E-state index contributed by atoms with van der Waals surface area (Å²) in [4.78, 5) is 93.2. The molecule has 1 fully saturated rings. The number of hydrogen-bond acceptors (Lipinski definition) is 10. The zero-order valence-corrected chi connectivity index (χ0v) is 31.3. The number of guanidine groups is 1. The smallest absolute Gasteiger partial charge is 0.437 e. The van der Waals surface area contributed by atoms with Crippen LogP contribution < -0.4 is 26.6 Å². The van der Waals surface area contributed by atoms with Crippen LogP contribution in [0.25, 0.3) is 0 Å². The minimum atomic E-state index is -1.04. The van der Waals surface area contributed by atoms with Gasteiger partial charge in [0.2, 0.25) is 23.7 Å². The minimum Gasteiger partial charge on any atom is -0.444 e. The number of amides is 7. The van der Waals surface area contributed by atoms with E-state index in [0.717, 1.165) is 0 Å². The third-order valence-corrected chi connectivity index (χ3v) is 7.24. The molecule has 7 amide bonds. The lowest BCUT2D eigenvalue weighted by Crippen LogP contribution is -2.52. The second kappa shape index (κ2) is 16.9. The summed E-state index contributed by atoms with van der Waals surface area (Å²) in [5, 5.41) is 12.9. The van der Waals surface area contributed by atoms with Gasteiger partial charge in [0.05, 0.1) is 0 Å². The highest BCUT2D eigenvalue weighted by molar-refractivity contribution is 6.05. The Hall–Kier alpha value is -5.22. The summed E-state index contributed by atoms with van der Waals surface area (Å²) in [5.74, 6) is -1.92. The number of carbonyl (C=O) groups excluding carboxylic acids is 7. The summed E-state index contributed by atoms with van der Waals surface area (Å²) in [6, 6.07) is 3.30. The number of aliphatic imine (C=N–C) groups is 1. The number of carbonyl (C=O) groups is 7. The van der Waals surface area contributed by atoms with Gasteiger partial charge in [-0.05, 0) is 98.8 Å². The van der Waals surface area contributed by atoms with Gasteiger partial charge in [-0.25, -0.2) is 14.4 Å². The number of fused-ring (bicyclic) bond motifs is 1. The number of benzene rings is 1. The van der Waals surface area contributed by atoms with Crippen molar-refractivity contribution in [3.8, 4) is 0 Å². The van der Waals surface area contributed by atoms with Crippen LogP contribution in [-0.4, -0.2) is 88.2 Å². The van der Waals surface area contributed by atoms with Gasteiger partial charge in [0.15, 0.2) is 0 Å². The number of nitrogens with one attached hydrogen (secondary N) is 5. The van der Waals surface area contributed by atoms with Gasteiger partial charge in [-0.2, -0.15) is 0 Å². The Morgan fingerprint density at radius 3 is 2.15 bits per heavy atom. The largest absolute Gasteiger partial charge is 0.444 e. The van der Waals surface area contributed by atoms with E-state index in [1.165, 1.54) is 4.90 Å². The van der Waals surface area contributed by atoms with Gasteiger partial charge in [0.1, 0.15) is 28.9 Å². The van der Waals surface area contributed by atoms with Crippen molar-refractivity contribution in [3.05, 3.63) is 34.9 Å². The summed E-state index contributed by atoms with van der Waals surface area (Å²) < 4.78 is 15.9.